The van der Waals surface area contributed by atoms with Crippen molar-refractivity contribution >= 4 is 0 Å². The van der Waals surface area contributed by atoms with E-state index in [0.29, 0.717) is 6.04 Å². The Labute approximate surface area is 72.8 Å². The van der Waals surface area contributed by atoms with Gasteiger partial charge in [-0.3, -0.25) is 0 Å². The van der Waals surface area contributed by atoms with E-state index in [9.17, 15) is 0 Å². The van der Waals surface area contributed by atoms with Crippen LogP contribution in [0.3, 0.4) is 0 Å². The molecule has 1 heterocycles. The van der Waals surface area contributed by atoms with Crippen molar-refractivity contribution < 1.29 is 0 Å². The van der Waals surface area contributed by atoms with E-state index in [-0.39, 0.29) is 0 Å². The van der Waals surface area contributed by atoms with Gasteiger partial charge in [-0.05, 0) is 19.8 Å². The summed E-state index contributed by atoms with van der Waals surface area (Å²) in [6.07, 6.45) is 8.71. The number of hydrogen-bond acceptors (Lipinski definition) is 2. The maximum absolute atomic E-state index is 4.11. The van der Waals surface area contributed by atoms with Gasteiger partial charge in [-0.15, -0.1) is 5.10 Å². The molecule has 0 saturated heterocycles. The van der Waals surface area contributed by atoms with Gasteiger partial charge in [-0.25, -0.2) is 4.68 Å². The molecule has 1 aliphatic rings. The first-order chi connectivity index (χ1) is 5.86. The number of hydrogen-bond donors (Lipinski definition) is 0. The lowest BCUT2D eigenvalue weighted by Crippen LogP contribution is -2.13. The Morgan fingerprint density at radius 3 is 2.67 bits per heavy atom. The third-order valence-corrected chi connectivity index (χ3v) is 2.57. The van der Waals surface area contributed by atoms with Crippen LogP contribution >= 0.6 is 0 Å². The summed E-state index contributed by atoms with van der Waals surface area (Å²) in [5, 5.41) is 8.11. The smallest absolute Gasteiger partial charge is 0.0796 e. The van der Waals surface area contributed by atoms with E-state index in [2.05, 4.69) is 16.5 Å². The minimum Gasteiger partial charge on any atom is -0.249 e. The van der Waals surface area contributed by atoms with Crippen LogP contribution in [0, 0.1) is 6.92 Å². The molecule has 0 aromatic carbocycles. The predicted molar refractivity (Wildman–Crippen MR) is 46.9 cm³/mol. The zero-order valence-corrected chi connectivity index (χ0v) is 7.53. The van der Waals surface area contributed by atoms with E-state index in [1.54, 1.807) is 0 Å². The van der Waals surface area contributed by atoms with Gasteiger partial charge < -0.3 is 0 Å². The van der Waals surface area contributed by atoms with Crippen LogP contribution < -0.4 is 0 Å². The molecule has 1 aliphatic carbocycles. The third kappa shape index (κ3) is 1.49. The summed E-state index contributed by atoms with van der Waals surface area (Å²) in [5.41, 5.74) is 1.03. The largest absolute Gasteiger partial charge is 0.249 e. The molecule has 1 fully saturated rings. The Morgan fingerprint density at radius 2 is 2.08 bits per heavy atom. The third-order valence-electron chi connectivity index (χ3n) is 2.57. The average molecular weight is 165 g/mol. The molecular formula is C9H15N3. The monoisotopic (exact) mass is 165 g/mol. The van der Waals surface area contributed by atoms with Gasteiger partial charge in [0.15, 0.2) is 0 Å². The zero-order valence-electron chi connectivity index (χ0n) is 7.53. The fourth-order valence-electron chi connectivity index (χ4n) is 1.89. The molecule has 0 radical (unpaired) electrons. The molecule has 0 atom stereocenters. The van der Waals surface area contributed by atoms with Crippen LogP contribution in [0.1, 0.15) is 43.8 Å². The lowest BCUT2D eigenvalue weighted by Gasteiger charge is -2.20. The van der Waals surface area contributed by atoms with Crippen LogP contribution in [0.25, 0.3) is 0 Å². The summed E-state index contributed by atoms with van der Waals surface area (Å²) >= 11 is 0. The molecule has 3 nitrogen and oxygen atoms in total. The topological polar surface area (TPSA) is 30.7 Å². The van der Waals surface area contributed by atoms with E-state index >= 15 is 0 Å². The van der Waals surface area contributed by atoms with E-state index in [4.69, 9.17) is 0 Å². The van der Waals surface area contributed by atoms with Crippen LogP contribution in [0.15, 0.2) is 6.20 Å². The first-order valence-corrected chi connectivity index (χ1v) is 4.75. The van der Waals surface area contributed by atoms with Gasteiger partial charge in [0.05, 0.1) is 11.7 Å². The van der Waals surface area contributed by atoms with Gasteiger partial charge >= 0.3 is 0 Å². The van der Waals surface area contributed by atoms with Crippen LogP contribution in [0.2, 0.25) is 0 Å². The molecular weight excluding hydrogens is 150 g/mol. The Hall–Kier alpha value is -0.860. The molecule has 0 bridgehead atoms. The molecule has 0 spiro atoms. The number of rotatable bonds is 1. The molecule has 0 amide bonds. The summed E-state index contributed by atoms with van der Waals surface area (Å²) < 4.78 is 2.04. The van der Waals surface area contributed by atoms with Gasteiger partial charge in [-0.2, -0.15) is 0 Å². The van der Waals surface area contributed by atoms with Crippen molar-refractivity contribution in [1.82, 2.24) is 15.0 Å². The molecule has 66 valence electrons. The van der Waals surface area contributed by atoms with Crippen molar-refractivity contribution in [3.63, 3.8) is 0 Å². The highest BCUT2D eigenvalue weighted by molar-refractivity contribution is 4.89. The lowest BCUT2D eigenvalue weighted by atomic mass is 9.96. The van der Waals surface area contributed by atoms with Crippen LogP contribution in [0.5, 0.6) is 0 Å². The number of aryl methyl sites for hydroxylation is 1. The normalized spacial score (nSPS) is 19.8. The second kappa shape index (κ2) is 3.25. The van der Waals surface area contributed by atoms with Crippen molar-refractivity contribution in [1.29, 1.82) is 0 Å². The molecule has 1 saturated carbocycles. The summed E-state index contributed by atoms with van der Waals surface area (Å²) in [5.74, 6) is 0. The number of nitrogens with zero attached hydrogens (tertiary/aromatic N) is 3. The Kier molecular flexibility index (Phi) is 2.11. The van der Waals surface area contributed by atoms with Crippen LogP contribution in [-0.2, 0) is 0 Å². The van der Waals surface area contributed by atoms with Crippen molar-refractivity contribution in [2.24, 2.45) is 0 Å². The van der Waals surface area contributed by atoms with E-state index in [0.717, 1.165) is 5.69 Å². The highest BCUT2D eigenvalue weighted by Crippen LogP contribution is 2.26. The zero-order chi connectivity index (χ0) is 8.39. The molecule has 2 rings (SSSR count). The first-order valence-electron chi connectivity index (χ1n) is 4.75. The molecule has 12 heavy (non-hydrogen) atoms. The highest BCUT2D eigenvalue weighted by Gasteiger charge is 2.15. The van der Waals surface area contributed by atoms with Crippen molar-refractivity contribution in [2.45, 2.75) is 45.1 Å². The van der Waals surface area contributed by atoms with E-state index in [1.165, 1.54) is 32.1 Å². The van der Waals surface area contributed by atoms with E-state index < -0.39 is 0 Å². The van der Waals surface area contributed by atoms with Crippen molar-refractivity contribution in [3.8, 4) is 0 Å². The molecule has 1 aromatic rings. The van der Waals surface area contributed by atoms with Crippen LogP contribution in [-0.4, -0.2) is 15.0 Å². The lowest BCUT2D eigenvalue weighted by molar-refractivity contribution is 0.324. The second-order valence-corrected chi connectivity index (χ2v) is 3.63. The fourth-order valence-corrected chi connectivity index (χ4v) is 1.89. The molecule has 1 aromatic heterocycles. The van der Waals surface area contributed by atoms with Gasteiger partial charge in [0.1, 0.15) is 0 Å². The molecule has 0 N–H and O–H groups in total. The summed E-state index contributed by atoms with van der Waals surface area (Å²) in [4.78, 5) is 0. The van der Waals surface area contributed by atoms with Gasteiger partial charge in [-0.1, -0.05) is 24.5 Å². The summed E-state index contributed by atoms with van der Waals surface area (Å²) in [6.45, 7) is 1.99. The minimum atomic E-state index is 0.625. The van der Waals surface area contributed by atoms with Crippen molar-refractivity contribution in [3.05, 3.63) is 11.9 Å². The first kappa shape index (κ1) is 7.77. The highest BCUT2D eigenvalue weighted by atomic mass is 15.4. The minimum absolute atomic E-state index is 0.625. The van der Waals surface area contributed by atoms with Gasteiger partial charge in [0.25, 0.3) is 0 Å². The maximum Gasteiger partial charge on any atom is 0.0796 e. The van der Waals surface area contributed by atoms with Crippen molar-refractivity contribution in [2.75, 3.05) is 0 Å². The van der Waals surface area contributed by atoms with Crippen LogP contribution in [0.4, 0.5) is 0 Å². The summed E-state index contributed by atoms with van der Waals surface area (Å²) in [6, 6.07) is 0.625. The SMILES string of the molecule is Cc1cn(C2CCCCC2)nn1. The standard InChI is InChI=1S/C9H15N3/c1-8-7-12(11-10-8)9-5-3-2-4-6-9/h7,9H,2-6H2,1H3. The predicted octanol–water partition coefficient (Wildman–Crippen LogP) is 2.09. The Bertz CT molecular complexity index is 248. The average Bonchev–Trinajstić information content (AvgIpc) is 2.54. The summed E-state index contributed by atoms with van der Waals surface area (Å²) in [7, 11) is 0. The van der Waals surface area contributed by atoms with E-state index in [1.807, 2.05) is 11.6 Å². The fraction of sp³-hybridized carbons (Fsp3) is 0.778. The van der Waals surface area contributed by atoms with Gasteiger partial charge in [0, 0.05) is 6.20 Å². The quantitative estimate of drug-likeness (QED) is 0.638. The van der Waals surface area contributed by atoms with Gasteiger partial charge in [0.2, 0.25) is 0 Å². The molecule has 0 unspecified atom stereocenters. The second-order valence-electron chi connectivity index (χ2n) is 3.63. The Balaban J connectivity index is 2.08. The Morgan fingerprint density at radius 1 is 1.33 bits per heavy atom. The molecule has 0 aliphatic heterocycles. The maximum atomic E-state index is 4.11. The molecule has 3 heteroatoms. The number of aromatic nitrogens is 3.